The van der Waals surface area contributed by atoms with Crippen LogP contribution in [0, 0.1) is 10.1 Å². The van der Waals surface area contributed by atoms with Gasteiger partial charge < -0.3 is 11.1 Å². The largest absolute Gasteiger partial charge is 0.351 e. The van der Waals surface area contributed by atoms with Crippen molar-refractivity contribution in [2.24, 2.45) is 5.73 Å². The summed E-state index contributed by atoms with van der Waals surface area (Å²) in [4.78, 5) is 21.4. The van der Waals surface area contributed by atoms with Crippen LogP contribution in [0.25, 0.3) is 6.08 Å². The lowest BCUT2D eigenvalue weighted by Gasteiger charge is -1.98. The molecule has 0 unspecified atom stereocenters. The highest BCUT2D eigenvalue weighted by Crippen LogP contribution is 2.18. The van der Waals surface area contributed by atoms with E-state index in [1.54, 1.807) is 18.2 Å². The summed E-state index contributed by atoms with van der Waals surface area (Å²) in [6.07, 6.45) is 2.65. The topological polar surface area (TPSA) is 98.3 Å². The van der Waals surface area contributed by atoms with Gasteiger partial charge >= 0.3 is 0 Å². The van der Waals surface area contributed by atoms with E-state index in [4.69, 9.17) is 5.73 Å². The van der Waals surface area contributed by atoms with Crippen LogP contribution < -0.4 is 11.1 Å². The number of para-hydroxylation sites is 1. The van der Waals surface area contributed by atoms with Crippen LogP contribution in [0.3, 0.4) is 0 Å². The number of nitrogens with two attached hydrogens (primary N) is 1. The Hall–Kier alpha value is -2.21. The molecule has 0 saturated carbocycles. The number of carbonyl (C=O) groups is 1. The number of carbonyl (C=O) groups excluding carboxylic acids is 1. The Morgan fingerprint density at radius 3 is 2.82 bits per heavy atom. The number of benzene rings is 1. The summed E-state index contributed by atoms with van der Waals surface area (Å²) < 4.78 is 0. The Bertz CT molecular complexity index is 443. The second-order valence-corrected chi connectivity index (χ2v) is 3.23. The van der Waals surface area contributed by atoms with Crippen LogP contribution in [0.15, 0.2) is 30.3 Å². The molecule has 1 aromatic rings. The molecule has 0 bridgehead atoms. The van der Waals surface area contributed by atoms with Gasteiger partial charge in [-0.25, -0.2) is 0 Å². The third-order valence-corrected chi connectivity index (χ3v) is 1.99. The van der Waals surface area contributed by atoms with E-state index in [0.717, 1.165) is 0 Å². The first kappa shape index (κ1) is 12.9. The van der Waals surface area contributed by atoms with E-state index in [-0.39, 0.29) is 11.6 Å². The van der Waals surface area contributed by atoms with Gasteiger partial charge in [0.15, 0.2) is 0 Å². The molecule has 0 fully saturated rings. The minimum Gasteiger partial charge on any atom is -0.351 e. The van der Waals surface area contributed by atoms with Gasteiger partial charge in [0.2, 0.25) is 5.91 Å². The quantitative estimate of drug-likeness (QED) is 0.445. The lowest BCUT2D eigenvalue weighted by atomic mass is 10.1. The van der Waals surface area contributed by atoms with E-state index < -0.39 is 4.92 Å². The van der Waals surface area contributed by atoms with Crippen molar-refractivity contribution in [3.8, 4) is 0 Å². The smallest absolute Gasteiger partial charge is 0.276 e. The van der Waals surface area contributed by atoms with Crippen LogP contribution >= 0.6 is 0 Å². The lowest BCUT2D eigenvalue weighted by molar-refractivity contribution is -0.385. The number of rotatable bonds is 5. The third kappa shape index (κ3) is 4.04. The monoisotopic (exact) mass is 235 g/mol. The molecule has 90 valence electrons. The number of nitro groups is 1. The molecule has 3 N–H and O–H groups in total. The molecule has 1 amide bonds. The summed E-state index contributed by atoms with van der Waals surface area (Å²) in [6, 6.07) is 6.21. The van der Waals surface area contributed by atoms with E-state index in [1.165, 1.54) is 18.2 Å². The van der Waals surface area contributed by atoms with Gasteiger partial charge in [0.1, 0.15) is 0 Å². The van der Waals surface area contributed by atoms with E-state index in [2.05, 4.69) is 5.32 Å². The third-order valence-electron chi connectivity index (χ3n) is 1.99. The fourth-order valence-corrected chi connectivity index (χ4v) is 1.21. The predicted molar refractivity (Wildman–Crippen MR) is 64.2 cm³/mol. The molecule has 0 atom stereocenters. The number of amides is 1. The molecule has 0 spiro atoms. The molecule has 0 saturated heterocycles. The van der Waals surface area contributed by atoms with Gasteiger partial charge in [-0.3, -0.25) is 14.9 Å². The lowest BCUT2D eigenvalue weighted by Crippen LogP contribution is -2.27. The first-order chi connectivity index (χ1) is 8.15. The molecule has 0 aliphatic heterocycles. The van der Waals surface area contributed by atoms with Gasteiger partial charge in [-0.05, 0) is 12.1 Å². The fraction of sp³-hybridized carbons (Fsp3) is 0.182. The normalized spacial score (nSPS) is 10.4. The van der Waals surface area contributed by atoms with E-state index in [9.17, 15) is 14.9 Å². The Morgan fingerprint density at radius 1 is 1.47 bits per heavy atom. The van der Waals surface area contributed by atoms with Crippen LogP contribution in [0.1, 0.15) is 5.56 Å². The van der Waals surface area contributed by atoms with Crippen LogP contribution in [0.5, 0.6) is 0 Å². The number of nitrogens with zero attached hydrogens (tertiary/aromatic N) is 1. The number of nitrogens with one attached hydrogen (secondary N) is 1. The van der Waals surface area contributed by atoms with E-state index in [1.807, 2.05) is 0 Å². The minimum atomic E-state index is -0.489. The van der Waals surface area contributed by atoms with Crippen molar-refractivity contribution < 1.29 is 9.72 Å². The van der Waals surface area contributed by atoms with Gasteiger partial charge in [-0.2, -0.15) is 0 Å². The van der Waals surface area contributed by atoms with Crippen LogP contribution in [0.4, 0.5) is 5.69 Å². The Balaban J connectivity index is 2.77. The molecule has 6 nitrogen and oxygen atoms in total. The van der Waals surface area contributed by atoms with Gasteiger partial charge in [0.05, 0.1) is 10.5 Å². The van der Waals surface area contributed by atoms with Crippen LogP contribution in [0.2, 0.25) is 0 Å². The summed E-state index contributed by atoms with van der Waals surface area (Å²) in [5.41, 5.74) is 5.58. The van der Waals surface area contributed by atoms with Crippen LogP contribution in [-0.4, -0.2) is 23.9 Å². The van der Waals surface area contributed by atoms with Crippen molar-refractivity contribution in [1.29, 1.82) is 0 Å². The van der Waals surface area contributed by atoms with E-state index >= 15 is 0 Å². The second-order valence-electron chi connectivity index (χ2n) is 3.23. The maximum absolute atomic E-state index is 11.2. The highest BCUT2D eigenvalue weighted by atomic mass is 16.6. The van der Waals surface area contributed by atoms with Crippen molar-refractivity contribution in [3.05, 3.63) is 46.0 Å². The molecule has 0 aromatic heterocycles. The second kappa shape index (κ2) is 6.39. The van der Waals surface area contributed by atoms with E-state index in [0.29, 0.717) is 18.7 Å². The predicted octanol–water partition coefficient (Wildman–Crippen LogP) is 0.683. The Labute approximate surface area is 98.3 Å². The molecule has 0 aliphatic rings. The standard InChI is InChI=1S/C11H13N3O3/c12-7-8-13-11(15)6-5-9-3-1-2-4-10(9)14(16)17/h1-6H,7-8,12H2,(H,13,15)/b6-5+. The van der Waals surface area contributed by atoms with Crippen LogP contribution in [-0.2, 0) is 4.79 Å². The maximum atomic E-state index is 11.2. The summed E-state index contributed by atoms with van der Waals surface area (Å²) >= 11 is 0. The molecule has 0 aliphatic carbocycles. The Morgan fingerprint density at radius 2 is 2.18 bits per heavy atom. The van der Waals surface area contributed by atoms with Gasteiger partial charge in [-0.1, -0.05) is 12.1 Å². The van der Waals surface area contributed by atoms with Gasteiger partial charge in [0.25, 0.3) is 5.69 Å². The number of hydrogen-bond donors (Lipinski definition) is 2. The molecule has 0 radical (unpaired) electrons. The molecular formula is C11H13N3O3. The number of nitro benzene ring substituents is 1. The average molecular weight is 235 g/mol. The SMILES string of the molecule is NCCNC(=O)/C=C/c1ccccc1[N+](=O)[O-]. The summed E-state index contributed by atoms with van der Waals surface area (Å²) in [7, 11) is 0. The molecule has 0 heterocycles. The molecule has 1 aromatic carbocycles. The zero-order valence-electron chi connectivity index (χ0n) is 9.13. The van der Waals surface area contributed by atoms with Gasteiger partial charge in [0, 0.05) is 25.2 Å². The molecule has 17 heavy (non-hydrogen) atoms. The maximum Gasteiger partial charge on any atom is 0.276 e. The fourth-order valence-electron chi connectivity index (χ4n) is 1.21. The average Bonchev–Trinajstić information content (AvgIpc) is 2.34. The Kier molecular flexibility index (Phi) is 4.83. The van der Waals surface area contributed by atoms with Crippen molar-refractivity contribution in [3.63, 3.8) is 0 Å². The highest BCUT2D eigenvalue weighted by Gasteiger charge is 2.09. The summed E-state index contributed by atoms with van der Waals surface area (Å²) in [5, 5.41) is 13.2. The van der Waals surface area contributed by atoms with Crippen molar-refractivity contribution in [2.45, 2.75) is 0 Å². The number of hydrogen-bond acceptors (Lipinski definition) is 4. The highest BCUT2D eigenvalue weighted by molar-refractivity contribution is 5.92. The summed E-state index contributed by atoms with van der Waals surface area (Å²) in [6.45, 7) is 0.727. The zero-order valence-corrected chi connectivity index (χ0v) is 9.13. The summed E-state index contributed by atoms with van der Waals surface area (Å²) in [5.74, 6) is -0.325. The zero-order chi connectivity index (χ0) is 12.7. The van der Waals surface area contributed by atoms with Crippen molar-refractivity contribution in [2.75, 3.05) is 13.1 Å². The molecular weight excluding hydrogens is 222 g/mol. The molecule has 1 rings (SSSR count). The first-order valence-corrected chi connectivity index (χ1v) is 5.04. The first-order valence-electron chi connectivity index (χ1n) is 5.04. The van der Waals surface area contributed by atoms with Gasteiger partial charge in [-0.15, -0.1) is 0 Å². The van der Waals surface area contributed by atoms with Crippen molar-refractivity contribution in [1.82, 2.24) is 5.32 Å². The van der Waals surface area contributed by atoms with Crippen molar-refractivity contribution >= 4 is 17.7 Å². The molecule has 6 heteroatoms. The minimum absolute atomic E-state index is 0.0321.